The molecule has 2 aromatic carbocycles. The summed E-state index contributed by atoms with van der Waals surface area (Å²) >= 11 is 1.64. The number of nitrogens with one attached hydrogen (secondary N) is 2. The molecule has 0 aliphatic carbocycles. The van der Waals surface area contributed by atoms with Gasteiger partial charge < -0.3 is 10.6 Å². The summed E-state index contributed by atoms with van der Waals surface area (Å²) < 4.78 is 2.12. The fourth-order valence-electron chi connectivity index (χ4n) is 3.69. The van der Waals surface area contributed by atoms with Gasteiger partial charge in [-0.15, -0.1) is 11.3 Å². The molecule has 1 amide bonds. The molecule has 1 unspecified atom stereocenters. The van der Waals surface area contributed by atoms with Crippen LogP contribution in [0, 0.1) is 0 Å². The van der Waals surface area contributed by atoms with Crippen LogP contribution in [0.2, 0.25) is 0 Å². The summed E-state index contributed by atoms with van der Waals surface area (Å²) in [4.78, 5) is 19.1. The molecule has 2 N–H and O–H groups in total. The van der Waals surface area contributed by atoms with Crippen molar-refractivity contribution >= 4 is 39.9 Å². The van der Waals surface area contributed by atoms with Gasteiger partial charge in [-0.2, -0.15) is 0 Å². The molecule has 1 aliphatic heterocycles. The van der Waals surface area contributed by atoms with E-state index in [9.17, 15) is 4.79 Å². The van der Waals surface area contributed by atoms with Crippen molar-refractivity contribution in [3.8, 4) is 0 Å². The monoisotopic (exact) mass is 386 g/mol. The number of hydrogen-bond donors (Lipinski definition) is 2. The van der Waals surface area contributed by atoms with Crippen molar-refractivity contribution in [2.24, 2.45) is 0 Å². The highest BCUT2D eigenvalue weighted by molar-refractivity contribution is 7.10. The molecule has 1 atom stereocenters. The van der Waals surface area contributed by atoms with Crippen LogP contribution < -0.4 is 10.6 Å². The first-order valence-corrected chi connectivity index (χ1v) is 9.95. The van der Waals surface area contributed by atoms with Crippen LogP contribution in [0.1, 0.15) is 17.8 Å². The maximum atomic E-state index is 13.3. The number of imidazole rings is 1. The van der Waals surface area contributed by atoms with Crippen LogP contribution in [0.3, 0.4) is 0 Å². The number of benzene rings is 2. The average molecular weight is 386 g/mol. The van der Waals surface area contributed by atoms with Gasteiger partial charge in [0.25, 0.3) is 5.91 Å². The van der Waals surface area contributed by atoms with E-state index in [1.807, 2.05) is 73.0 Å². The third-order valence-corrected chi connectivity index (χ3v) is 5.84. The lowest BCUT2D eigenvalue weighted by Gasteiger charge is -2.29. The van der Waals surface area contributed by atoms with Crippen molar-refractivity contribution in [3.63, 3.8) is 0 Å². The Labute approximate surface area is 166 Å². The van der Waals surface area contributed by atoms with Crippen molar-refractivity contribution in [1.82, 2.24) is 9.55 Å². The quantitative estimate of drug-likeness (QED) is 0.519. The number of amides is 1. The van der Waals surface area contributed by atoms with Crippen LogP contribution in [0.25, 0.3) is 11.0 Å². The number of carbonyl (C=O) groups is 1. The largest absolute Gasteiger partial charge is 0.329 e. The van der Waals surface area contributed by atoms with Crippen molar-refractivity contribution < 1.29 is 4.79 Å². The van der Waals surface area contributed by atoms with Crippen LogP contribution in [0.4, 0.5) is 11.6 Å². The Bertz CT molecular complexity index is 1190. The van der Waals surface area contributed by atoms with E-state index in [-0.39, 0.29) is 11.9 Å². The second-order valence-corrected chi connectivity index (χ2v) is 7.68. The lowest BCUT2D eigenvalue weighted by molar-refractivity contribution is -0.113. The van der Waals surface area contributed by atoms with Gasteiger partial charge in [-0.05, 0) is 42.6 Å². The summed E-state index contributed by atoms with van der Waals surface area (Å²) in [5.74, 6) is 0.645. The summed E-state index contributed by atoms with van der Waals surface area (Å²) in [6.45, 7) is 1.93. The zero-order valence-corrected chi connectivity index (χ0v) is 16.0. The van der Waals surface area contributed by atoms with E-state index < -0.39 is 0 Å². The molecule has 5 nitrogen and oxygen atoms in total. The second-order valence-electron chi connectivity index (χ2n) is 6.70. The molecule has 1 aliphatic rings. The van der Waals surface area contributed by atoms with Crippen molar-refractivity contribution in [3.05, 3.63) is 88.3 Å². The fourth-order valence-corrected chi connectivity index (χ4v) is 4.52. The van der Waals surface area contributed by atoms with Gasteiger partial charge in [0, 0.05) is 16.3 Å². The highest BCUT2D eigenvalue weighted by Gasteiger charge is 2.34. The number of carbonyl (C=O) groups excluding carboxylic acids is 1. The number of para-hydroxylation sites is 3. The topological polar surface area (TPSA) is 59.0 Å². The van der Waals surface area contributed by atoms with E-state index in [0.29, 0.717) is 5.57 Å². The summed E-state index contributed by atoms with van der Waals surface area (Å²) in [5, 5.41) is 8.41. The molecule has 4 aromatic rings. The maximum Gasteiger partial charge on any atom is 0.255 e. The third kappa shape index (κ3) is 2.70. The molecule has 5 rings (SSSR count). The van der Waals surface area contributed by atoms with E-state index in [4.69, 9.17) is 4.98 Å². The molecule has 2 aromatic heterocycles. The zero-order valence-electron chi connectivity index (χ0n) is 15.2. The molecular formula is C22H18N4OS. The number of aromatic nitrogens is 2. The average Bonchev–Trinajstić information content (AvgIpc) is 3.35. The van der Waals surface area contributed by atoms with Gasteiger partial charge in [-0.3, -0.25) is 9.36 Å². The Hall–Kier alpha value is -3.38. The SMILES string of the molecule is CC1=C(C(=O)Nc2ccccc2)C(c2cccs2)n2c(nc3ccccc32)N1. The Kier molecular flexibility index (Phi) is 3.98. The molecule has 0 radical (unpaired) electrons. The van der Waals surface area contributed by atoms with Crippen LogP contribution in [-0.4, -0.2) is 15.5 Å². The van der Waals surface area contributed by atoms with Gasteiger partial charge in [-0.25, -0.2) is 4.98 Å². The summed E-state index contributed by atoms with van der Waals surface area (Å²) in [5.41, 5.74) is 4.19. The van der Waals surface area contributed by atoms with Crippen LogP contribution in [0.5, 0.6) is 0 Å². The molecule has 138 valence electrons. The van der Waals surface area contributed by atoms with E-state index in [2.05, 4.69) is 21.3 Å². The molecule has 0 bridgehead atoms. The summed E-state index contributed by atoms with van der Waals surface area (Å²) in [6.07, 6.45) is 0. The van der Waals surface area contributed by atoms with Crippen LogP contribution in [-0.2, 0) is 4.79 Å². The van der Waals surface area contributed by atoms with E-state index >= 15 is 0 Å². The highest BCUT2D eigenvalue weighted by Crippen LogP contribution is 2.40. The Morgan fingerprint density at radius 2 is 1.86 bits per heavy atom. The van der Waals surface area contributed by atoms with Crippen molar-refractivity contribution in [2.75, 3.05) is 10.6 Å². The molecule has 0 saturated carbocycles. The maximum absolute atomic E-state index is 13.3. The van der Waals surface area contributed by atoms with Crippen molar-refractivity contribution in [1.29, 1.82) is 0 Å². The van der Waals surface area contributed by atoms with Crippen LogP contribution in [0.15, 0.2) is 83.4 Å². The minimum atomic E-state index is -0.229. The molecule has 3 heterocycles. The van der Waals surface area contributed by atoms with Gasteiger partial charge in [0.2, 0.25) is 5.95 Å². The number of thiophene rings is 1. The Morgan fingerprint density at radius 1 is 1.07 bits per heavy atom. The first-order valence-electron chi connectivity index (χ1n) is 9.07. The summed E-state index contributed by atoms with van der Waals surface area (Å²) in [6, 6.07) is 21.4. The number of rotatable bonds is 3. The zero-order chi connectivity index (χ0) is 19.1. The normalized spacial score (nSPS) is 16.0. The minimum absolute atomic E-state index is 0.113. The predicted octanol–water partition coefficient (Wildman–Crippen LogP) is 5.03. The fraction of sp³-hybridized carbons (Fsp3) is 0.0909. The smallest absolute Gasteiger partial charge is 0.255 e. The van der Waals surface area contributed by atoms with Gasteiger partial charge in [0.05, 0.1) is 16.6 Å². The van der Waals surface area contributed by atoms with Gasteiger partial charge in [-0.1, -0.05) is 36.4 Å². The first-order chi connectivity index (χ1) is 13.7. The molecule has 0 spiro atoms. The number of fused-ring (bicyclic) bond motifs is 3. The number of hydrogen-bond acceptors (Lipinski definition) is 4. The number of nitrogens with zero attached hydrogens (tertiary/aromatic N) is 2. The van der Waals surface area contributed by atoms with E-state index in [1.165, 1.54) is 0 Å². The molecule has 28 heavy (non-hydrogen) atoms. The number of allylic oxidation sites excluding steroid dienone is 1. The molecular weight excluding hydrogens is 368 g/mol. The standard InChI is InChI=1S/C22H18N4OS/c1-14-19(21(27)24-15-8-3-2-4-9-15)20(18-12-7-13-28-18)26-17-11-6-5-10-16(17)25-22(26)23-14/h2-13,20H,1H3,(H,23,25)(H,24,27). The van der Waals surface area contributed by atoms with E-state index in [1.54, 1.807) is 11.3 Å². The Morgan fingerprint density at radius 3 is 2.64 bits per heavy atom. The second kappa shape index (κ2) is 6.65. The van der Waals surface area contributed by atoms with Crippen molar-refractivity contribution in [2.45, 2.75) is 13.0 Å². The number of anilines is 2. The molecule has 0 fully saturated rings. The third-order valence-electron chi connectivity index (χ3n) is 4.92. The minimum Gasteiger partial charge on any atom is -0.329 e. The van der Waals surface area contributed by atoms with Gasteiger partial charge in [0.1, 0.15) is 6.04 Å². The summed E-state index contributed by atoms with van der Waals surface area (Å²) in [7, 11) is 0. The van der Waals surface area contributed by atoms with E-state index in [0.717, 1.165) is 33.2 Å². The first kappa shape index (κ1) is 16.8. The van der Waals surface area contributed by atoms with Gasteiger partial charge >= 0.3 is 0 Å². The van der Waals surface area contributed by atoms with Crippen LogP contribution >= 0.6 is 11.3 Å². The van der Waals surface area contributed by atoms with Gasteiger partial charge in [0.15, 0.2) is 0 Å². The predicted molar refractivity (Wildman–Crippen MR) is 114 cm³/mol. The Balaban J connectivity index is 1.66. The molecule has 6 heteroatoms. The lowest BCUT2D eigenvalue weighted by Crippen LogP contribution is -2.30. The molecule has 0 saturated heterocycles. The lowest BCUT2D eigenvalue weighted by atomic mass is 10.00. The highest BCUT2D eigenvalue weighted by atomic mass is 32.1.